The zero-order chi connectivity index (χ0) is 11.3. The van der Waals surface area contributed by atoms with E-state index >= 15 is 0 Å². The lowest BCUT2D eigenvalue weighted by atomic mass is 10.0. The van der Waals surface area contributed by atoms with Gasteiger partial charge in [-0.2, -0.15) is 0 Å². The number of hydrogen-bond donors (Lipinski definition) is 1. The molecule has 0 aliphatic heterocycles. The van der Waals surface area contributed by atoms with Crippen LogP contribution in [0.1, 0.15) is 31.9 Å². The molecule has 1 aromatic rings. The Balaban J connectivity index is 2.79. The lowest BCUT2D eigenvalue weighted by Gasteiger charge is -2.19. The van der Waals surface area contributed by atoms with E-state index in [0.717, 1.165) is 24.1 Å². The molecule has 0 aliphatic rings. The van der Waals surface area contributed by atoms with Crippen molar-refractivity contribution in [3.8, 4) is 0 Å². The Morgan fingerprint density at radius 3 is 2.47 bits per heavy atom. The van der Waals surface area contributed by atoms with Crippen LogP contribution in [0, 0.1) is 5.82 Å². The van der Waals surface area contributed by atoms with Gasteiger partial charge in [0.15, 0.2) is 0 Å². The van der Waals surface area contributed by atoms with E-state index in [9.17, 15) is 4.39 Å². The van der Waals surface area contributed by atoms with Crippen molar-refractivity contribution in [3.05, 3.63) is 47.8 Å². The molecule has 1 N–H and O–H groups in total. The zero-order valence-corrected chi connectivity index (χ0v) is 9.39. The summed E-state index contributed by atoms with van der Waals surface area (Å²) in [6.07, 6.45) is 1.07. The quantitative estimate of drug-likeness (QED) is 0.729. The molecule has 1 nitrogen and oxygen atoms in total. The Bertz CT molecular complexity index is 316. The van der Waals surface area contributed by atoms with E-state index in [-0.39, 0.29) is 11.9 Å². The van der Waals surface area contributed by atoms with Crippen LogP contribution < -0.4 is 5.32 Å². The van der Waals surface area contributed by atoms with Crippen molar-refractivity contribution in [3.63, 3.8) is 0 Å². The van der Waals surface area contributed by atoms with Crippen molar-refractivity contribution in [2.75, 3.05) is 6.54 Å². The van der Waals surface area contributed by atoms with Gasteiger partial charge in [-0.15, -0.1) is 0 Å². The summed E-state index contributed by atoms with van der Waals surface area (Å²) in [5.74, 6) is -0.199. The molecule has 0 radical (unpaired) electrons. The van der Waals surface area contributed by atoms with E-state index < -0.39 is 0 Å². The zero-order valence-electron chi connectivity index (χ0n) is 9.39. The van der Waals surface area contributed by atoms with Gasteiger partial charge in [0, 0.05) is 0 Å². The summed E-state index contributed by atoms with van der Waals surface area (Å²) in [5, 5.41) is 3.38. The second kappa shape index (κ2) is 5.66. The van der Waals surface area contributed by atoms with Gasteiger partial charge in [0.25, 0.3) is 0 Å². The van der Waals surface area contributed by atoms with E-state index in [1.807, 2.05) is 6.92 Å². The second-order valence-electron chi connectivity index (χ2n) is 3.79. The Kier molecular flexibility index (Phi) is 4.50. The molecule has 1 rings (SSSR count). The second-order valence-corrected chi connectivity index (χ2v) is 3.79. The van der Waals surface area contributed by atoms with E-state index in [4.69, 9.17) is 0 Å². The number of halogens is 1. The van der Waals surface area contributed by atoms with E-state index in [1.54, 1.807) is 12.1 Å². The number of nitrogens with one attached hydrogen (secondary N) is 1. The van der Waals surface area contributed by atoms with Crippen molar-refractivity contribution < 1.29 is 4.39 Å². The minimum absolute atomic E-state index is 0.130. The van der Waals surface area contributed by atoms with Crippen LogP contribution in [0.15, 0.2) is 36.4 Å². The maximum Gasteiger partial charge on any atom is 0.123 e. The Hall–Kier alpha value is -1.15. The van der Waals surface area contributed by atoms with Crippen LogP contribution in [-0.4, -0.2) is 6.54 Å². The third kappa shape index (κ3) is 3.48. The summed E-state index contributed by atoms with van der Waals surface area (Å²) in [4.78, 5) is 0. The molecule has 0 aliphatic carbocycles. The molecule has 0 bridgehead atoms. The van der Waals surface area contributed by atoms with Gasteiger partial charge < -0.3 is 5.32 Å². The Morgan fingerprint density at radius 2 is 2.00 bits per heavy atom. The highest BCUT2D eigenvalue weighted by atomic mass is 19.1. The van der Waals surface area contributed by atoms with Crippen LogP contribution in [0.2, 0.25) is 0 Å². The molecule has 0 fully saturated rings. The monoisotopic (exact) mass is 207 g/mol. The smallest absolute Gasteiger partial charge is 0.123 e. The molecule has 0 amide bonds. The molecule has 1 aromatic carbocycles. The van der Waals surface area contributed by atoms with Gasteiger partial charge in [0.2, 0.25) is 0 Å². The number of benzene rings is 1. The van der Waals surface area contributed by atoms with Gasteiger partial charge in [-0.1, -0.05) is 31.2 Å². The standard InChI is InChI=1S/C13H18FN/c1-4-9-15-13(10(2)3)11-5-7-12(14)8-6-11/h5-8,13,15H,2,4,9H2,1,3H3. The fraction of sp³-hybridized carbons (Fsp3) is 0.385. The molecule has 2 heteroatoms. The minimum atomic E-state index is -0.199. The summed E-state index contributed by atoms with van der Waals surface area (Å²) in [7, 11) is 0. The molecule has 0 heterocycles. The van der Waals surface area contributed by atoms with Gasteiger partial charge >= 0.3 is 0 Å². The molecule has 0 spiro atoms. The maximum absolute atomic E-state index is 12.8. The fourth-order valence-electron chi connectivity index (χ4n) is 1.52. The van der Waals surface area contributed by atoms with Crippen LogP contribution in [0.25, 0.3) is 0 Å². The largest absolute Gasteiger partial charge is 0.307 e. The van der Waals surface area contributed by atoms with E-state index in [2.05, 4.69) is 18.8 Å². The maximum atomic E-state index is 12.8. The lowest BCUT2D eigenvalue weighted by molar-refractivity contribution is 0.586. The molecule has 0 aromatic heterocycles. The predicted octanol–water partition coefficient (Wildman–Crippen LogP) is 3.44. The highest BCUT2D eigenvalue weighted by Gasteiger charge is 2.10. The van der Waals surface area contributed by atoms with E-state index in [0.29, 0.717) is 0 Å². The van der Waals surface area contributed by atoms with Gasteiger partial charge in [-0.05, 0) is 37.6 Å². The van der Waals surface area contributed by atoms with Crippen molar-refractivity contribution in [2.45, 2.75) is 26.3 Å². The highest BCUT2D eigenvalue weighted by Crippen LogP contribution is 2.20. The number of hydrogen-bond acceptors (Lipinski definition) is 1. The van der Waals surface area contributed by atoms with Crippen LogP contribution in [0.5, 0.6) is 0 Å². The molecule has 82 valence electrons. The molecule has 1 atom stereocenters. The molecule has 0 saturated carbocycles. The first-order valence-corrected chi connectivity index (χ1v) is 5.29. The summed E-state index contributed by atoms with van der Waals surface area (Å²) in [5.41, 5.74) is 2.12. The molecule has 1 unspecified atom stereocenters. The van der Waals surface area contributed by atoms with E-state index in [1.165, 1.54) is 12.1 Å². The summed E-state index contributed by atoms with van der Waals surface area (Å²) in [6.45, 7) is 8.99. The molecular formula is C13H18FN. The summed E-state index contributed by atoms with van der Waals surface area (Å²) >= 11 is 0. The first-order valence-electron chi connectivity index (χ1n) is 5.29. The summed E-state index contributed by atoms with van der Waals surface area (Å²) < 4.78 is 12.8. The normalized spacial score (nSPS) is 12.5. The van der Waals surface area contributed by atoms with Gasteiger partial charge in [0.1, 0.15) is 5.82 Å². The SMILES string of the molecule is C=C(C)C(NCCC)c1ccc(F)cc1. The molecular weight excluding hydrogens is 189 g/mol. The lowest BCUT2D eigenvalue weighted by Crippen LogP contribution is -2.22. The average Bonchev–Trinajstić information content (AvgIpc) is 2.21. The third-order valence-electron chi connectivity index (χ3n) is 2.29. The first-order chi connectivity index (χ1) is 7.15. The Morgan fingerprint density at radius 1 is 1.40 bits per heavy atom. The van der Waals surface area contributed by atoms with Crippen molar-refractivity contribution in [2.24, 2.45) is 0 Å². The molecule has 15 heavy (non-hydrogen) atoms. The minimum Gasteiger partial charge on any atom is -0.307 e. The van der Waals surface area contributed by atoms with Gasteiger partial charge in [0.05, 0.1) is 6.04 Å². The number of rotatable bonds is 5. The topological polar surface area (TPSA) is 12.0 Å². The molecule has 0 saturated heterocycles. The van der Waals surface area contributed by atoms with Crippen molar-refractivity contribution in [1.29, 1.82) is 0 Å². The Labute approximate surface area is 91.0 Å². The van der Waals surface area contributed by atoms with Crippen LogP contribution in [0.4, 0.5) is 4.39 Å². The average molecular weight is 207 g/mol. The van der Waals surface area contributed by atoms with Crippen LogP contribution >= 0.6 is 0 Å². The third-order valence-corrected chi connectivity index (χ3v) is 2.29. The van der Waals surface area contributed by atoms with Crippen molar-refractivity contribution in [1.82, 2.24) is 5.32 Å². The van der Waals surface area contributed by atoms with Crippen LogP contribution in [-0.2, 0) is 0 Å². The summed E-state index contributed by atoms with van der Waals surface area (Å²) in [6, 6.07) is 6.71. The predicted molar refractivity (Wildman–Crippen MR) is 62.2 cm³/mol. The van der Waals surface area contributed by atoms with Gasteiger partial charge in [-0.25, -0.2) is 4.39 Å². The van der Waals surface area contributed by atoms with Crippen molar-refractivity contribution >= 4 is 0 Å². The van der Waals surface area contributed by atoms with Crippen LogP contribution in [0.3, 0.4) is 0 Å². The first kappa shape index (κ1) is 11.9. The van der Waals surface area contributed by atoms with Gasteiger partial charge in [-0.3, -0.25) is 0 Å². The fourth-order valence-corrected chi connectivity index (χ4v) is 1.52. The highest BCUT2D eigenvalue weighted by molar-refractivity contribution is 5.26.